The van der Waals surface area contributed by atoms with E-state index in [1.807, 2.05) is 19.1 Å². The molecule has 1 aliphatic rings. The van der Waals surface area contributed by atoms with Crippen LogP contribution in [0, 0.1) is 12.7 Å². The van der Waals surface area contributed by atoms with Crippen LogP contribution >= 0.6 is 11.3 Å². The molecule has 0 fully saturated rings. The quantitative estimate of drug-likeness (QED) is 0.292. The SMILES string of the molecule is COc1cnc2c(-c3nc4cc(F)c5c(c4s3)C[C@@H](OC(=O)N(C)c3ccc(OCCO)nc3)O5)cc(C)cc2n1. The number of benzene rings is 2. The van der Waals surface area contributed by atoms with Crippen LogP contribution in [-0.4, -0.2) is 64.8 Å². The number of pyridine rings is 1. The Labute approximate surface area is 237 Å². The van der Waals surface area contributed by atoms with Gasteiger partial charge in [-0.3, -0.25) is 4.90 Å². The maximum atomic E-state index is 15.1. The first-order chi connectivity index (χ1) is 19.8. The number of aromatic nitrogens is 4. The molecule has 0 saturated carbocycles. The van der Waals surface area contributed by atoms with Crippen LogP contribution in [0.4, 0.5) is 14.9 Å². The van der Waals surface area contributed by atoms with Crippen LogP contribution in [-0.2, 0) is 11.2 Å². The maximum absolute atomic E-state index is 15.1. The number of aliphatic hydroxyl groups excluding tert-OH is 1. The Kier molecular flexibility index (Phi) is 6.97. The van der Waals surface area contributed by atoms with Crippen molar-refractivity contribution in [3.05, 3.63) is 59.7 Å². The minimum Gasteiger partial charge on any atom is -0.480 e. The maximum Gasteiger partial charge on any atom is 0.417 e. The van der Waals surface area contributed by atoms with E-state index in [4.69, 9.17) is 29.0 Å². The summed E-state index contributed by atoms with van der Waals surface area (Å²) in [6, 6.07) is 8.41. The summed E-state index contributed by atoms with van der Waals surface area (Å²) in [6.07, 6.45) is 1.42. The number of aryl methyl sites for hydroxylation is 1. The van der Waals surface area contributed by atoms with Crippen LogP contribution in [0.5, 0.6) is 17.5 Å². The molecule has 11 nitrogen and oxygen atoms in total. The van der Waals surface area contributed by atoms with Crippen molar-refractivity contribution < 1.29 is 33.2 Å². The van der Waals surface area contributed by atoms with Crippen molar-refractivity contribution in [1.29, 1.82) is 0 Å². The van der Waals surface area contributed by atoms with Crippen LogP contribution < -0.4 is 19.1 Å². The normalized spacial score (nSPS) is 14.1. The monoisotopic (exact) mass is 577 g/mol. The second kappa shape index (κ2) is 10.7. The third-order valence-electron chi connectivity index (χ3n) is 6.47. The van der Waals surface area contributed by atoms with E-state index in [1.54, 1.807) is 18.3 Å². The number of carbonyl (C=O) groups is 1. The number of aliphatic hydroxyl groups is 1. The van der Waals surface area contributed by atoms with E-state index in [-0.39, 0.29) is 25.4 Å². The minimum atomic E-state index is -1.02. The Bertz CT molecular complexity index is 1780. The number of carbonyl (C=O) groups excluding carboxylic acids is 1. The molecule has 1 N–H and O–H groups in total. The van der Waals surface area contributed by atoms with E-state index in [0.29, 0.717) is 44.6 Å². The summed E-state index contributed by atoms with van der Waals surface area (Å²) in [7, 11) is 3.06. The molecule has 0 unspecified atom stereocenters. The summed E-state index contributed by atoms with van der Waals surface area (Å²) < 4.78 is 37.6. The van der Waals surface area contributed by atoms with Crippen molar-refractivity contribution in [3.8, 4) is 28.1 Å². The van der Waals surface area contributed by atoms with Gasteiger partial charge in [-0.1, -0.05) is 0 Å². The molecule has 5 aromatic rings. The number of fused-ring (bicyclic) bond motifs is 4. The van der Waals surface area contributed by atoms with Gasteiger partial charge in [0.05, 0.1) is 59.5 Å². The van der Waals surface area contributed by atoms with Crippen molar-refractivity contribution in [2.45, 2.75) is 19.6 Å². The lowest BCUT2D eigenvalue weighted by Crippen LogP contribution is -2.32. The molecule has 0 bridgehead atoms. The summed E-state index contributed by atoms with van der Waals surface area (Å²) >= 11 is 1.39. The van der Waals surface area contributed by atoms with Gasteiger partial charge in [0.2, 0.25) is 11.8 Å². The minimum absolute atomic E-state index is 0.0406. The predicted octanol–water partition coefficient (Wildman–Crippen LogP) is 4.66. The summed E-state index contributed by atoms with van der Waals surface area (Å²) in [5.41, 5.74) is 4.57. The van der Waals surface area contributed by atoms with Crippen molar-refractivity contribution in [1.82, 2.24) is 19.9 Å². The molecule has 0 aliphatic carbocycles. The first-order valence-corrected chi connectivity index (χ1v) is 13.4. The zero-order valence-electron chi connectivity index (χ0n) is 22.3. The predicted molar refractivity (Wildman–Crippen MR) is 149 cm³/mol. The molecular weight excluding hydrogens is 553 g/mol. The van der Waals surface area contributed by atoms with E-state index >= 15 is 4.39 Å². The second-order valence-corrected chi connectivity index (χ2v) is 10.2. The van der Waals surface area contributed by atoms with E-state index in [1.165, 1.54) is 42.7 Å². The Balaban J connectivity index is 1.25. The van der Waals surface area contributed by atoms with Gasteiger partial charge in [-0.25, -0.2) is 29.1 Å². The molecule has 13 heteroatoms. The summed E-state index contributed by atoms with van der Waals surface area (Å²) in [5.74, 6) is 0.173. The number of nitrogens with zero attached hydrogens (tertiary/aromatic N) is 5. The molecule has 1 atom stereocenters. The Morgan fingerprint density at radius 1 is 1.17 bits per heavy atom. The summed E-state index contributed by atoms with van der Waals surface area (Å²) in [4.78, 5) is 32.0. The fourth-order valence-corrected chi connectivity index (χ4v) is 5.64. The van der Waals surface area contributed by atoms with Gasteiger partial charge in [0, 0.05) is 30.3 Å². The van der Waals surface area contributed by atoms with E-state index < -0.39 is 18.2 Å². The van der Waals surface area contributed by atoms with Gasteiger partial charge in [-0.15, -0.1) is 11.3 Å². The van der Waals surface area contributed by atoms with Crippen molar-refractivity contribution in [2.24, 2.45) is 0 Å². The lowest BCUT2D eigenvalue weighted by Gasteiger charge is -2.19. The van der Waals surface area contributed by atoms with Crippen LogP contribution in [0.15, 0.2) is 42.7 Å². The standard InChI is InChI=1S/C28H24FN5O6S/c1-14-8-16(24-19(9-14)32-22(37-3)13-31-24)27-33-20-11-18(29)25-17(26(20)41-27)10-23(39-25)40-28(36)34(2)15-4-5-21(30-12-15)38-7-6-35/h4-5,8-9,11-13,23,35H,6-7,10H2,1-3H3/t23-/m1/s1. The van der Waals surface area contributed by atoms with Gasteiger partial charge in [-0.05, 0) is 30.7 Å². The summed E-state index contributed by atoms with van der Waals surface area (Å²) in [5, 5.41) is 9.52. The highest BCUT2D eigenvalue weighted by Crippen LogP contribution is 2.43. The molecular formula is C28H24FN5O6S. The number of ether oxygens (including phenoxy) is 4. The van der Waals surface area contributed by atoms with Crippen molar-refractivity contribution >= 4 is 44.4 Å². The number of methoxy groups -OCH3 is 1. The highest BCUT2D eigenvalue weighted by Gasteiger charge is 2.33. The molecule has 1 amide bonds. The highest BCUT2D eigenvalue weighted by molar-refractivity contribution is 7.22. The van der Waals surface area contributed by atoms with Crippen molar-refractivity contribution in [2.75, 3.05) is 32.3 Å². The first kappa shape index (κ1) is 26.6. The average Bonchev–Trinajstić information content (AvgIpc) is 3.59. The molecule has 41 heavy (non-hydrogen) atoms. The van der Waals surface area contributed by atoms with E-state index in [9.17, 15) is 4.79 Å². The molecule has 6 rings (SSSR count). The van der Waals surface area contributed by atoms with Gasteiger partial charge < -0.3 is 24.1 Å². The third kappa shape index (κ3) is 5.05. The van der Waals surface area contributed by atoms with Crippen molar-refractivity contribution in [3.63, 3.8) is 0 Å². The zero-order chi connectivity index (χ0) is 28.7. The van der Waals surface area contributed by atoms with Gasteiger partial charge in [0.1, 0.15) is 11.6 Å². The van der Waals surface area contributed by atoms with Crippen LogP contribution in [0.1, 0.15) is 11.1 Å². The average molecular weight is 578 g/mol. The molecule has 0 spiro atoms. The van der Waals surface area contributed by atoms with Gasteiger partial charge in [0.15, 0.2) is 11.6 Å². The number of amides is 1. The molecule has 1 aliphatic heterocycles. The molecule has 3 aromatic heterocycles. The van der Waals surface area contributed by atoms with Crippen LogP contribution in [0.25, 0.3) is 31.8 Å². The number of hydrogen-bond acceptors (Lipinski definition) is 11. The molecule has 0 radical (unpaired) electrons. The Morgan fingerprint density at radius 2 is 2.02 bits per heavy atom. The zero-order valence-corrected chi connectivity index (χ0v) is 23.1. The Hall–Kier alpha value is -4.62. The third-order valence-corrected chi connectivity index (χ3v) is 7.63. The topological polar surface area (TPSA) is 129 Å². The number of thiazole rings is 1. The number of halogens is 1. The molecule has 4 heterocycles. The highest BCUT2D eigenvalue weighted by atomic mass is 32.1. The molecule has 2 aromatic carbocycles. The van der Waals surface area contributed by atoms with Gasteiger partial charge in [-0.2, -0.15) is 0 Å². The summed E-state index contributed by atoms with van der Waals surface area (Å²) in [6.45, 7) is 1.93. The first-order valence-electron chi connectivity index (χ1n) is 12.6. The number of hydrogen-bond donors (Lipinski definition) is 1. The fraction of sp³-hybridized carbons (Fsp3) is 0.250. The van der Waals surface area contributed by atoms with Crippen LogP contribution in [0.3, 0.4) is 0 Å². The van der Waals surface area contributed by atoms with E-state index in [0.717, 1.165) is 15.8 Å². The van der Waals surface area contributed by atoms with Gasteiger partial charge >= 0.3 is 6.09 Å². The fourth-order valence-electron chi connectivity index (χ4n) is 4.53. The largest absolute Gasteiger partial charge is 0.480 e. The van der Waals surface area contributed by atoms with E-state index in [2.05, 4.69) is 15.0 Å². The lowest BCUT2D eigenvalue weighted by molar-refractivity contribution is -0.0144. The number of anilines is 1. The van der Waals surface area contributed by atoms with Crippen LogP contribution in [0.2, 0.25) is 0 Å². The smallest absolute Gasteiger partial charge is 0.417 e. The number of rotatable bonds is 7. The second-order valence-electron chi connectivity index (χ2n) is 9.25. The Morgan fingerprint density at radius 3 is 2.78 bits per heavy atom. The molecule has 210 valence electrons. The van der Waals surface area contributed by atoms with Gasteiger partial charge in [0.25, 0.3) is 6.29 Å². The molecule has 0 saturated heterocycles. The lowest BCUT2D eigenvalue weighted by atomic mass is 10.1.